The van der Waals surface area contributed by atoms with E-state index in [0.29, 0.717) is 18.0 Å². The molecule has 29 heteroatoms. The first-order chi connectivity index (χ1) is 38.5. The third-order valence-corrected chi connectivity index (χ3v) is 12.8. The molecule has 0 aliphatic heterocycles. The smallest absolute Gasteiger partial charge is 0.416 e. The Morgan fingerprint density at radius 3 is 0.988 bits per heavy atom. The number of carbonyl (C=O) groups excluding carboxylic acids is 1. The van der Waals surface area contributed by atoms with Crippen LogP contribution in [-0.2, 0) is 56.0 Å². The third-order valence-electron chi connectivity index (χ3n) is 12.8. The van der Waals surface area contributed by atoms with E-state index >= 15 is 0 Å². The lowest BCUT2D eigenvalue weighted by atomic mass is 9.12. The predicted molar refractivity (Wildman–Crippen MR) is 253 cm³/mol. The van der Waals surface area contributed by atoms with E-state index in [2.05, 4.69) is 0 Å². The maximum absolute atomic E-state index is 14.2. The first-order valence-corrected chi connectivity index (χ1v) is 23.3. The van der Waals surface area contributed by atoms with E-state index in [1.807, 2.05) is 71.4 Å². The average molecular weight is 1220 g/mol. The molecule has 0 aliphatic carbocycles. The van der Waals surface area contributed by atoms with Crippen LogP contribution in [0.5, 0.6) is 11.5 Å². The number of nitrogens with zero attached hydrogens (tertiary/aromatic N) is 1. The Labute approximate surface area is 455 Å². The number of carbonyl (C=O) groups is 1. The summed E-state index contributed by atoms with van der Waals surface area (Å²) in [6, 6.07) is 17.0. The Morgan fingerprint density at radius 2 is 0.679 bits per heavy atom. The fourth-order valence-corrected chi connectivity index (χ4v) is 9.14. The number of esters is 1. The highest BCUT2D eigenvalue weighted by atomic mass is 19.4. The van der Waals surface area contributed by atoms with Crippen LogP contribution in [0.3, 0.4) is 0 Å². The van der Waals surface area contributed by atoms with Crippen molar-refractivity contribution in [3.8, 4) is 11.5 Å². The van der Waals surface area contributed by atoms with Gasteiger partial charge >= 0.3 is 55.4 Å². The molecule has 1 aromatic heterocycles. The van der Waals surface area contributed by atoms with Crippen molar-refractivity contribution in [2.24, 2.45) is 0 Å². The molecule has 0 unspecified atom stereocenters. The first kappa shape index (κ1) is 63.2. The molecular weight excluding hydrogens is 1190 g/mol. The highest BCUT2D eigenvalue weighted by Gasteiger charge is 2.47. The van der Waals surface area contributed by atoms with Gasteiger partial charge in [0.15, 0.2) is 12.7 Å². The van der Waals surface area contributed by atoms with Gasteiger partial charge in [0.25, 0.3) is 5.69 Å². The van der Waals surface area contributed by atoms with Crippen molar-refractivity contribution in [1.29, 1.82) is 0 Å². The molecule has 0 spiro atoms. The molecule has 0 atom stereocenters. The van der Waals surface area contributed by atoms with Gasteiger partial charge < -0.3 is 9.84 Å². The highest BCUT2D eigenvalue weighted by Crippen LogP contribution is 2.42. The van der Waals surface area contributed by atoms with E-state index in [0.717, 1.165) is 16.3 Å². The number of phenolic OH excluding ortho intramolecular Hbond substituents is 1. The zero-order chi connectivity index (χ0) is 62.6. The standard InChI is InChI=1S/C32H12BF24.C23H17NO3/c34-25(35,36)13-1-14(26(37,38)39)6-21(5-13)33(22-7-15(27(40,41)42)2-16(8-22)28(43,44)45,23-9-17(29(46,47)48)3-18(10-23)30(49,50)51)24-11-19(31(52,53)54)4-20(12-24)32(55,56)57;25-19-10-12-20(13-11-19)27-23(26)22-21-9-5-4-8-18(21)14-15-24(22)16-17-6-2-1-3-7-17/h1-12H;1-15H,16H2/q-1;/p+1. The predicted octanol–water partition coefficient (Wildman–Crippen LogP) is 15.3. The molecule has 0 saturated heterocycles. The number of phenols is 1. The maximum atomic E-state index is 14.2. The van der Waals surface area contributed by atoms with Crippen LogP contribution in [0.25, 0.3) is 10.8 Å². The SMILES string of the molecule is FC(F)(F)c1cc([B-](c2cc(C(F)(F)F)cc(C(F)(F)F)c2)(c2cc(C(F)(F)F)cc(C(F)(F)F)c2)c2cc(C(F)(F)F)cc(C(F)(F)F)c2)cc(C(F)(F)F)c1.O=C(Oc1ccc(O)cc1)c1c2ccccc2cc[n+]1Cc1ccccc1. The number of aromatic nitrogens is 1. The Balaban J connectivity index is 0.000000309. The molecule has 84 heavy (non-hydrogen) atoms. The summed E-state index contributed by atoms with van der Waals surface area (Å²) in [4.78, 5) is 13.0. The Kier molecular flexibility index (Phi) is 16.8. The molecule has 0 amide bonds. The minimum Gasteiger partial charge on any atom is -0.508 e. The van der Waals surface area contributed by atoms with Gasteiger partial charge in [-0.05, 0) is 60.0 Å². The molecule has 0 aliphatic rings. The number of hydrogen-bond acceptors (Lipinski definition) is 3. The van der Waals surface area contributed by atoms with Gasteiger partial charge in [-0.15, -0.1) is 0 Å². The van der Waals surface area contributed by atoms with Crippen molar-refractivity contribution in [2.45, 2.75) is 56.0 Å². The molecule has 0 saturated carbocycles. The van der Waals surface area contributed by atoms with Gasteiger partial charge in [-0.1, -0.05) is 97.1 Å². The zero-order valence-electron chi connectivity index (χ0n) is 41.2. The van der Waals surface area contributed by atoms with E-state index in [1.165, 1.54) is 12.1 Å². The number of rotatable bonds is 8. The lowest BCUT2D eigenvalue weighted by Gasteiger charge is -2.46. The molecule has 0 bridgehead atoms. The van der Waals surface area contributed by atoms with Crippen LogP contribution in [0.4, 0.5) is 105 Å². The molecule has 7 aromatic carbocycles. The van der Waals surface area contributed by atoms with Crippen molar-refractivity contribution in [2.75, 3.05) is 0 Å². The van der Waals surface area contributed by atoms with Crippen molar-refractivity contribution in [3.63, 3.8) is 0 Å². The summed E-state index contributed by atoms with van der Waals surface area (Å²) in [5.74, 6) is 0.0736. The molecular formula is C55H30BF24NO3. The molecule has 1 N–H and O–H groups in total. The normalized spacial score (nSPS) is 13.1. The summed E-state index contributed by atoms with van der Waals surface area (Å²) in [7, 11) is 0. The van der Waals surface area contributed by atoms with Crippen molar-refractivity contribution >= 4 is 44.7 Å². The third kappa shape index (κ3) is 14.1. The summed E-state index contributed by atoms with van der Waals surface area (Å²) in [6.07, 6.45) is -52.9. The monoisotopic (exact) mass is 1220 g/mol. The number of alkyl halides is 24. The van der Waals surface area contributed by atoms with E-state index in [-0.39, 0.29) is 5.75 Å². The number of aromatic hydroxyl groups is 1. The summed E-state index contributed by atoms with van der Waals surface area (Å²) in [5, 5.41) is 11.2. The Morgan fingerprint density at radius 1 is 0.381 bits per heavy atom. The molecule has 0 radical (unpaired) electrons. The molecule has 8 aromatic rings. The number of benzene rings is 7. The number of halogens is 24. The molecule has 0 fully saturated rings. The zero-order valence-corrected chi connectivity index (χ0v) is 41.2. The highest BCUT2D eigenvalue weighted by molar-refractivity contribution is 7.20. The Hall–Kier alpha value is -8.40. The number of ether oxygens (including phenoxy) is 1. The van der Waals surface area contributed by atoms with E-state index in [1.54, 1.807) is 12.1 Å². The van der Waals surface area contributed by atoms with Gasteiger partial charge in [-0.3, -0.25) is 0 Å². The minimum absolute atomic E-state index is 0.124. The van der Waals surface area contributed by atoms with Crippen molar-refractivity contribution in [1.82, 2.24) is 0 Å². The van der Waals surface area contributed by atoms with Gasteiger partial charge in [0, 0.05) is 11.6 Å². The van der Waals surface area contributed by atoms with E-state index in [9.17, 15) is 115 Å². The minimum atomic E-state index is -6.13. The van der Waals surface area contributed by atoms with Gasteiger partial charge in [-0.2, -0.15) is 132 Å². The van der Waals surface area contributed by atoms with Crippen LogP contribution >= 0.6 is 0 Å². The fraction of sp³-hybridized carbons (Fsp3) is 0.164. The van der Waals surface area contributed by atoms with Crippen LogP contribution in [0, 0.1) is 0 Å². The van der Waals surface area contributed by atoms with Gasteiger partial charge in [0.2, 0.25) is 0 Å². The second-order valence-electron chi connectivity index (χ2n) is 18.5. The van der Waals surface area contributed by atoms with Gasteiger partial charge in [0.1, 0.15) is 17.6 Å². The van der Waals surface area contributed by atoms with Gasteiger partial charge in [0.05, 0.1) is 49.9 Å². The van der Waals surface area contributed by atoms with Crippen molar-refractivity contribution in [3.05, 3.63) is 220 Å². The Bertz CT molecular complexity index is 3270. The van der Waals surface area contributed by atoms with E-state index < -0.39 is 201 Å². The second-order valence-corrected chi connectivity index (χ2v) is 18.5. The van der Waals surface area contributed by atoms with Crippen LogP contribution in [-0.4, -0.2) is 17.2 Å². The molecule has 4 nitrogen and oxygen atoms in total. The lowest BCUT2D eigenvalue weighted by molar-refractivity contribution is -0.689. The number of fused-ring (bicyclic) bond motifs is 1. The van der Waals surface area contributed by atoms with Crippen LogP contribution in [0.2, 0.25) is 0 Å². The fourth-order valence-electron chi connectivity index (χ4n) is 9.14. The summed E-state index contributed by atoms with van der Waals surface area (Å²) < 4.78 is 348. The number of hydrogen-bond donors (Lipinski definition) is 1. The van der Waals surface area contributed by atoms with Crippen LogP contribution in [0.1, 0.15) is 60.6 Å². The summed E-state index contributed by atoms with van der Waals surface area (Å²) in [5.41, 5.74) is -28.6. The molecule has 444 valence electrons. The van der Waals surface area contributed by atoms with Gasteiger partial charge in [-0.25, -0.2) is 4.79 Å². The summed E-state index contributed by atoms with van der Waals surface area (Å²) >= 11 is 0. The van der Waals surface area contributed by atoms with Crippen LogP contribution in [0.15, 0.2) is 164 Å². The van der Waals surface area contributed by atoms with Crippen LogP contribution < -0.4 is 31.2 Å². The quantitative estimate of drug-likeness (QED) is 0.0542. The molecule has 1 heterocycles. The first-order valence-electron chi connectivity index (χ1n) is 23.3. The van der Waals surface area contributed by atoms with E-state index in [4.69, 9.17) is 4.74 Å². The largest absolute Gasteiger partial charge is 0.508 e. The summed E-state index contributed by atoms with van der Waals surface area (Å²) in [6.45, 7) is 0.561. The lowest BCUT2D eigenvalue weighted by Crippen LogP contribution is -2.75. The average Bonchev–Trinajstić information content (AvgIpc) is 0.841. The topological polar surface area (TPSA) is 50.4 Å². The second kappa shape index (κ2) is 22.3. The molecule has 8 rings (SSSR count). The maximum Gasteiger partial charge on any atom is 0.416 e. The van der Waals surface area contributed by atoms with Crippen molar-refractivity contribution < 1.29 is 125 Å². The number of pyridine rings is 1.